The SMILES string of the molecule is CC(C)(C)C(=O)N[C@H]1CC[C@@H](C(=O)O)C1. The molecule has 86 valence electrons. The van der Waals surface area contributed by atoms with Gasteiger partial charge in [-0.1, -0.05) is 20.8 Å². The Morgan fingerprint density at radius 3 is 2.27 bits per heavy atom. The molecule has 1 amide bonds. The van der Waals surface area contributed by atoms with Gasteiger partial charge in [0, 0.05) is 11.5 Å². The number of amides is 1. The van der Waals surface area contributed by atoms with Gasteiger partial charge >= 0.3 is 5.97 Å². The molecule has 15 heavy (non-hydrogen) atoms. The maximum absolute atomic E-state index is 11.6. The molecular formula is C11H19NO3. The van der Waals surface area contributed by atoms with Crippen LogP contribution in [0.3, 0.4) is 0 Å². The first kappa shape index (κ1) is 12.0. The number of carboxylic acids is 1. The van der Waals surface area contributed by atoms with E-state index in [1.807, 2.05) is 20.8 Å². The third-order valence-electron chi connectivity index (χ3n) is 2.80. The average Bonchev–Trinajstić information content (AvgIpc) is 2.50. The Balaban J connectivity index is 2.43. The van der Waals surface area contributed by atoms with E-state index < -0.39 is 11.4 Å². The summed E-state index contributed by atoms with van der Waals surface area (Å²) in [6.07, 6.45) is 2.01. The highest BCUT2D eigenvalue weighted by Crippen LogP contribution is 2.26. The van der Waals surface area contributed by atoms with E-state index in [1.165, 1.54) is 0 Å². The number of carbonyl (C=O) groups is 2. The zero-order valence-electron chi connectivity index (χ0n) is 9.54. The fraction of sp³-hybridized carbons (Fsp3) is 0.818. The summed E-state index contributed by atoms with van der Waals surface area (Å²) >= 11 is 0. The third kappa shape index (κ3) is 3.22. The molecule has 1 saturated carbocycles. The fourth-order valence-electron chi connectivity index (χ4n) is 1.74. The predicted octanol–water partition coefficient (Wildman–Crippen LogP) is 1.40. The van der Waals surface area contributed by atoms with Crippen LogP contribution in [0.25, 0.3) is 0 Å². The van der Waals surface area contributed by atoms with Crippen molar-refractivity contribution in [3.8, 4) is 0 Å². The first-order valence-electron chi connectivity index (χ1n) is 5.34. The Hall–Kier alpha value is -1.06. The molecule has 2 atom stereocenters. The molecule has 1 fully saturated rings. The van der Waals surface area contributed by atoms with Crippen molar-refractivity contribution >= 4 is 11.9 Å². The zero-order chi connectivity index (χ0) is 11.6. The number of carbonyl (C=O) groups excluding carboxylic acids is 1. The third-order valence-corrected chi connectivity index (χ3v) is 2.80. The van der Waals surface area contributed by atoms with E-state index in [0.717, 1.165) is 6.42 Å². The number of aliphatic carboxylic acids is 1. The van der Waals surface area contributed by atoms with Crippen LogP contribution in [0.4, 0.5) is 0 Å². The second-order valence-electron chi connectivity index (χ2n) is 5.27. The van der Waals surface area contributed by atoms with Crippen molar-refractivity contribution in [3.63, 3.8) is 0 Å². The van der Waals surface area contributed by atoms with E-state index in [0.29, 0.717) is 12.8 Å². The van der Waals surface area contributed by atoms with Crippen molar-refractivity contribution in [3.05, 3.63) is 0 Å². The molecule has 0 saturated heterocycles. The van der Waals surface area contributed by atoms with Crippen LogP contribution < -0.4 is 5.32 Å². The summed E-state index contributed by atoms with van der Waals surface area (Å²) in [5.74, 6) is -1.03. The van der Waals surface area contributed by atoms with Gasteiger partial charge in [-0.3, -0.25) is 9.59 Å². The maximum atomic E-state index is 11.6. The van der Waals surface area contributed by atoms with Crippen molar-refractivity contribution in [1.29, 1.82) is 0 Å². The standard InChI is InChI=1S/C11H19NO3/c1-11(2,3)10(15)12-8-5-4-7(6-8)9(13)14/h7-8H,4-6H2,1-3H3,(H,12,15)(H,13,14)/t7-,8+/m1/s1. The molecule has 0 spiro atoms. The van der Waals surface area contributed by atoms with E-state index >= 15 is 0 Å². The molecule has 0 radical (unpaired) electrons. The van der Waals surface area contributed by atoms with Crippen molar-refractivity contribution in [1.82, 2.24) is 5.32 Å². The molecule has 1 rings (SSSR count). The van der Waals surface area contributed by atoms with E-state index in [9.17, 15) is 9.59 Å². The van der Waals surface area contributed by atoms with Crippen LogP contribution in [-0.2, 0) is 9.59 Å². The molecular weight excluding hydrogens is 194 g/mol. The van der Waals surface area contributed by atoms with Crippen molar-refractivity contribution in [2.75, 3.05) is 0 Å². The Morgan fingerprint density at radius 2 is 1.87 bits per heavy atom. The van der Waals surface area contributed by atoms with Crippen molar-refractivity contribution in [2.24, 2.45) is 11.3 Å². The second kappa shape index (κ2) is 4.21. The number of carboxylic acid groups (broad SMARTS) is 1. The fourth-order valence-corrected chi connectivity index (χ4v) is 1.74. The van der Waals surface area contributed by atoms with Crippen LogP contribution in [0.2, 0.25) is 0 Å². The van der Waals surface area contributed by atoms with Gasteiger partial charge in [-0.25, -0.2) is 0 Å². The predicted molar refractivity (Wildman–Crippen MR) is 56.4 cm³/mol. The molecule has 0 bridgehead atoms. The summed E-state index contributed by atoms with van der Waals surface area (Å²) in [6, 6.07) is 0.0397. The van der Waals surface area contributed by atoms with Gasteiger partial charge in [0.1, 0.15) is 0 Å². The van der Waals surface area contributed by atoms with Gasteiger partial charge in [-0.15, -0.1) is 0 Å². The average molecular weight is 213 g/mol. The zero-order valence-corrected chi connectivity index (χ0v) is 9.54. The molecule has 0 unspecified atom stereocenters. The van der Waals surface area contributed by atoms with Gasteiger partial charge in [0.05, 0.1) is 5.92 Å². The summed E-state index contributed by atoms with van der Waals surface area (Å²) in [5, 5.41) is 11.7. The van der Waals surface area contributed by atoms with Crippen LogP contribution in [0.5, 0.6) is 0 Å². The maximum Gasteiger partial charge on any atom is 0.306 e. The van der Waals surface area contributed by atoms with Gasteiger partial charge in [-0.2, -0.15) is 0 Å². The lowest BCUT2D eigenvalue weighted by Crippen LogP contribution is -2.40. The molecule has 1 aliphatic carbocycles. The van der Waals surface area contributed by atoms with E-state index in [1.54, 1.807) is 0 Å². The Kier molecular flexibility index (Phi) is 3.37. The highest BCUT2D eigenvalue weighted by atomic mass is 16.4. The van der Waals surface area contributed by atoms with Gasteiger partial charge in [-0.05, 0) is 19.3 Å². The second-order valence-corrected chi connectivity index (χ2v) is 5.27. The normalized spacial score (nSPS) is 26.3. The minimum absolute atomic E-state index is 0.00135. The van der Waals surface area contributed by atoms with Gasteiger partial charge in [0.25, 0.3) is 0 Å². The molecule has 0 aliphatic heterocycles. The van der Waals surface area contributed by atoms with E-state index in [2.05, 4.69) is 5.32 Å². The minimum atomic E-state index is -0.748. The molecule has 0 heterocycles. The lowest BCUT2D eigenvalue weighted by Gasteiger charge is -2.21. The topological polar surface area (TPSA) is 66.4 Å². The van der Waals surface area contributed by atoms with Crippen LogP contribution in [0.1, 0.15) is 40.0 Å². The lowest BCUT2D eigenvalue weighted by atomic mass is 9.95. The van der Waals surface area contributed by atoms with Gasteiger partial charge in [0.15, 0.2) is 0 Å². The van der Waals surface area contributed by atoms with Crippen LogP contribution in [0, 0.1) is 11.3 Å². The van der Waals surface area contributed by atoms with Gasteiger partial charge < -0.3 is 10.4 Å². The van der Waals surface area contributed by atoms with Crippen LogP contribution in [0.15, 0.2) is 0 Å². The monoisotopic (exact) mass is 213 g/mol. The molecule has 1 aliphatic rings. The van der Waals surface area contributed by atoms with Crippen molar-refractivity contribution in [2.45, 2.75) is 46.1 Å². The minimum Gasteiger partial charge on any atom is -0.481 e. The Bertz CT molecular complexity index is 267. The highest BCUT2D eigenvalue weighted by molar-refractivity contribution is 5.81. The highest BCUT2D eigenvalue weighted by Gasteiger charge is 2.32. The Labute approximate surface area is 90.0 Å². The lowest BCUT2D eigenvalue weighted by molar-refractivity contribution is -0.141. The molecule has 4 nitrogen and oxygen atoms in total. The number of nitrogens with one attached hydrogen (secondary N) is 1. The van der Waals surface area contributed by atoms with Crippen LogP contribution >= 0.6 is 0 Å². The summed E-state index contributed by atoms with van der Waals surface area (Å²) in [6.45, 7) is 5.56. The smallest absolute Gasteiger partial charge is 0.306 e. The summed E-state index contributed by atoms with van der Waals surface area (Å²) in [7, 11) is 0. The molecule has 2 N–H and O–H groups in total. The molecule has 0 aromatic rings. The molecule has 0 aromatic heterocycles. The molecule has 0 aromatic carbocycles. The largest absolute Gasteiger partial charge is 0.481 e. The van der Waals surface area contributed by atoms with Gasteiger partial charge in [0.2, 0.25) is 5.91 Å². The number of rotatable bonds is 2. The summed E-state index contributed by atoms with van der Waals surface area (Å²) in [5.41, 5.74) is -0.401. The Morgan fingerprint density at radius 1 is 1.27 bits per heavy atom. The van der Waals surface area contributed by atoms with Crippen molar-refractivity contribution < 1.29 is 14.7 Å². The number of hydrogen-bond acceptors (Lipinski definition) is 2. The first-order chi connectivity index (χ1) is 6.80. The molecule has 4 heteroatoms. The van der Waals surface area contributed by atoms with E-state index in [4.69, 9.17) is 5.11 Å². The number of hydrogen-bond donors (Lipinski definition) is 2. The first-order valence-corrected chi connectivity index (χ1v) is 5.34. The quantitative estimate of drug-likeness (QED) is 0.728. The van der Waals surface area contributed by atoms with E-state index in [-0.39, 0.29) is 17.9 Å². The summed E-state index contributed by atoms with van der Waals surface area (Å²) < 4.78 is 0. The van der Waals surface area contributed by atoms with Crippen LogP contribution in [-0.4, -0.2) is 23.0 Å². The summed E-state index contributed by atoms with van der Waals surface area (Å²) in [4.78, 5) is 22.4.